The molecule has 5 nitrogen and oxygen atoms in total. The molecule has 2 atom stereocenters. The molecule has 0 amide bonds. The van der Waals surface area contributed by atoms with Crippen LogP contribution in [0.4, 0.5) is 0 Å². The van der Waals surface area contributed by atoms with Crippen molar-refractivity contribution in [2.24, 2.45) is 0 Å². The Morgan fingerprint density at radius 3 is 2.85 bits per heavy atom. The van der Waals surface area contributed by atoms with Gasteiger partial charge < -0.3 is 14.6 Å². The summed E-state index contributed by atoms with van der Waals surface area (Å²) in [6.45, 7) is 0. The maximum absolute atomic E-state index is 10.7. The third-order valence-electron chi connectivity index (χ3n) is 2.46. The van der Waals surface area contributed by atoms with Crippen LogP contribution in [-0.4, -0.2) is 28.9 Å². The molecule has 0 aromatic carbocycles. The van der Waals surface area contributed by atoms with Gasteiger partial charge in [0.15, 0.2) is 0 Å². The zero-order chi connectivity index (χ0) is 9.47. The van der Waals surface area contributed by atoms with Crippen LogP contribution in [0.3, 0.4) is 0 Å². The number of carboxylic acid groups (broad SMARTS) is 1. The van der Waals surface area contributed by atoms with Crippen LogP contribution in [-0.2, 0) is 19.1 Å². The Morgan fingerprint density at radius 1 is 1.46 bits per heavy atom. The average molecular weight is 186 g/mol. The van der Waals surface area contributed by atoms with Gasteiger partial charge in [0.2, 0.25) is 5.79 Å². The van der Waals surface area contributed by atoms with Crippen LogP contribution in [0.25, 0.3) is 0 Å². The van der Waals surface area contributed by atoms with E-state index >= 15 is 0 Å². The van der Waals surface area contributed by atoms with E-state index in [2.05, 4.69) is 0 Å². The summed E-state index contributed by atoms with van der Waals surface area (Å²) in [7, 11) is 0. The van der Waals surface area contributed by atoms with Crippen molar-refractivity contribution in [3.8, 4) is 0 Å². The third kappa shape index (κ3) is 1.39. The molecule has 5 heteroatoms. The molecule has 0 aromatic rings. The van der Waals surface area contributed by atoms with E-state index < -0.39 is 17.7 Å². The predicted octanol–water partition coefficient (Wildman–Crippen LogP) is 0.283. The molecule has 1 saturated carbocycles. The number of carboxylic acids is 1. The normalized spacial score (nSPS) is 36.2. The van der Waals surface area contributed by atoms with Gasteiger partial charge in [-0.15, -0.1) is 0 Å². The molecule has 2 aliphatic rings. The van der Waals surface area contributed by atoms with E-state index in [9.17, 15) is 9.59 Å². The van der Waals surface area contributed by atoms with Crippen LogP contribution in [0, 0.1) is 0 Å². The number of aliphatic carboxylic acids is 1. The average Bonchev–Trinajstić information content (AvgIpc) is 2.77. The molecule has 1 saturated heterocycles. The highest BCUT2D eigenvalue weighted by Crippen LogP contribution is 2.48. The number of carbonyl (C=O) groups is 2. The van der Waals surface area contributed by atoms with Gasteiger partial charge in [0.1, 0.15) is 6.10 Å². The third-order valence-corrected chi connectivity index (χ3v) is 2.46. The zero-order valence-electron chi connectivity index (χ0n) is 6.99. The monoisotopic (exact) mass is 186 g/mol. The molecule has 2 fully saturated rings. The lowest BCUT2D eigenvalue weighted by atomic mass is 9.98. The first-order valence-electron chi connectivity index (χ1n) is 4.28. The lowest BCUT2D eigenvalue weighted by Gasteiger charge is -2.15. The fourth-order valence-electron chi connectivity index (χ4n) is 1.75. The first kappa shape index (κ1) is 8.50. The Labute approximate surface area is 74.6 Å². The highest BCUT2D eigenvalue weighted by atomic mass is 16.8. The van der Waals surface area contributed by atoms with E-state index in [0.29, 0.717) is 6.42 Å². The van der Waals surface area contributed by atoms with E-state index in [1.807, 2.05) is 0 Å². The predicted molar refractivity (Wildman–Crippen MR) is 39.8 cm³/mol. The number of rotatable bonds is 1. The van der Waals surface area contributed by atoms with Crippen LogP contribution < -0.4 is 0 Å². The summed E-state index contributed by atoms with van der Waals surface area (Å²) in [5.74, 6) is -3.66. The van der Waals surface area contributed by atoms with Crippen molar-refractivity contribution in [2.75, 3.05) is 0 Å². The summed E-state index contributed by atoms with van der Waals surface area (Å²) < 4.78 is 9.93. The van der Waals surface area contributed by atoms with Crippen LogP contribution in [0.5, 0.6) is 0 Å². The summed E-state index contributed by atoms with van der Waals surface area (Å²) in [5, 5.41) is 8.32. The summed E-state index contributed by atoms with van der Waals surface area (Å²) in [6.07, 6.45) is 3.38. The lowest BCUT2D eigenvalue weighted by molar-refractivity contribution is -0.174. The number of fused-ring (bicyclic) bond motifs is 1. The zero-order valence-corrected chi connectivity index (χ0v) is 6.99. The van der Waals surface area contributed by atoms with E-state index in [-0.39, 0.29) is 6.10 Å². The van der Waals surface area contributed by atoms with Gasteiger partial charge in [0.05, 0.1) is 0 Å². The van der Waals surface area contributed by atoms with Crippen LogP contribution >= 0.6 is 0 Å². The maximum Gasteiger partial charge on any atom is 0.419 e. The van der Waals surface area contributed by atoms with Crippen molar-refractivity contribution in [1.82, 2.24) is 0 Å². The maximum atomic E-state index is 10.7. The number of ether oxygens (including phenoxy) is 2. The second-order valence-electron chi connectivity index (χ2n) is 3.36. The number of hydrogen-bond donors (Lipinski definition) is 1. The van der Waals surface area contributed by atoms with E-state index in [1.165, 1.54) is 0 Å². The summed E-state index contributed by atoms with van der Waals surface area (Å²) in [6, 6.07) is 0. The molecule has 0 aromatic heterocycles. The van der Waals surface area contributed by atoms with Gasteiger partial charge in [-0.05, 0) is 12.8 Å². The number of esters is 1. The largest absolute Gasteiger partial charge is 0.473 e. The Balaban J connectivity index is 1.95. The van der Waals surface area contributed by atoms with E-state index in [1.54, 1.807) is 0 Å². The van der Waals surface area contributed by atoms with Crippen molar-refractivity contribution in [3.05, 3.63) is 0 Å². The van der Waals surface area contributed by atoms with Gasteiger partial charge in [0, 0.05) is 6.42 Å². The number of hydrogen-bond acceptors (Lipinski definition) is 4. The van der Waals surface area contributed by atoms with Crippen molar-refractivity contribution in [2.45, 2.75) is 37.6 Å². The van der Waals surface area contributed by atoms with Gasteiger partial charge in [-0.25, -0.2) is 9.59 Å². The van der Waals surface area contributed by atoms with Crippen LogP contribution in [0.1, 0.15) is 25.7 Å². The molecule has 2 unspecified atom stereocenters. The number of epoxide rings is 1. The minimum Gasteiger partial charge on any atom is -0.473 e. The SMILES string of the molecule is O=C(O)C(=O)OC12CCCCC1O2. The second-order valence-corrected chi connectivity index (χ2v) is 3.36. The summed E-state index contributed by atoms with van der Waals surface area (Å²) >= 11 is 0. The molecule has 0 spiro atoms. The fourth-order valence-corrected chi connectivity index (χ4v) is 1.75. The van der Waals surface area contributed by atoms with Gasteiger partial charge >= 0.3 is 11.9 Å². The highest BCUT2D eigenvalue weighted by Gasteiger charge is 2.61. The summed E-state index contributed by atoms with van der Waals surface area (Å²) in [5.41, 5.74) is 0. The smallest absolute Gasteiger partial charge is 0.419 e. The topological polar surface area (TPSA) is 76.1 Å². The van der Waals surface area contributed by atoms with Gasteiger partial charge in [-0.1, -0.05) is 6.42 Å². The van der Waals surface area contributed by atoms with E-state index in [4.69, 9.17) is 14.6 Å². The molecule has 72 valence electrons. The Morgan fingerprint density at radius 2 is 2.23 bits per heavy atom. The Bertz CT molecular complexity index is 261. The first-order valence-corrected chi connectivity index (χ1v) is 4.28. The molecule has 0 radical (unpaired) electrons. The lowest BCUT2D eigenvalue weighted by Crippen LogP contribution is -2.30. The van der Waals surface area contributed by atoms with Gasteiger partial charge in [0.25, 0.3) is 0 Å². The quantitative estimate of drug-likeness (QED) is 0.361. The molecule has 1 aliphatic carbocycles. The Kier molecular flexibility index (Phi) is 1.76. The van der Waals surface area contributed by atoms with E-state index in [0.717, 1.165) is 19.3 Å². The van der Waals surface area contributed by atoms with Crippen molar-refractivity contribution in [1.29, 1.82) is 0 Å². The van der Waals surface area contributed by atoms with Crippen molar-refractivity contribution >= 4 is 11.9 Å². The Hall–Kier alpha value is -1.10. The van der Waals surface area contributed by atoms with Crippen LogP contribution in [0.15, 0.2) is 0 Å². The van der Waals surface area contributed by atoms with Crippen molar-refractivity contribution < 1.29 is 24.2 Å². The van der Waals surface area contributed by atoms with Crippen LogP contribution in [0.2, 0.25) is 0 Å². The minimum atomic E-state index is -1.56. The molecule has 0 bridgehead atoms. The fraction of sp³-hybridized carbons (Fsp3) is 0.750. The summed E-state index contributed by atoms with van der Waals surface area (Å²) in [4.78, 5) is 20.9. The van der Waals surface area contributed by atoms with Gasteiger partial charge in [-0.2, -0.15) is 0 Å². The molecular formula is C8H10O5. The molecule has 13 heavy (non-hydrogen) atoms. The minimum absolute atomic E-state index is 0.0652. The molecular weight excluding hydrogens is 176 g/mol. The second kappa shape index (κ2) is 2.70. The molecule has 1 heterocycles. The highest BCUT2D eigenvalue weighted by molar-refractivity contribution is 6.28. The standard InChI is InChI=1S/C8H10O5/c9-6(10)7(11)13-8-4-2-1-3-5(8)12-8/h5H,1-4H2,(H,9,10). The molecule has 1 aliphatic heterocycles. The number of carbonyl (C=O) groups excluding carboxylic acids is 1. The molecule has 2 rings (SSSR count). The van der Waals surface area contributed by atoms with Crippen molar-refractivity contribution in [3.63, 3.8) is 0 Å². The van der Waals surface area contributed by atoms with Gasteiger partial charge in [-0.3, -0.25) is 0 Å². The first-order chi connectivity index (χ1) is 6.14. The molecule has 1 N–H and O–H groups in total.